The number of fused-ring (bicyclic) bond motifs is 4. The maximum absolute atomic E-state index is 6.82. The molecule has 0 fully saturated rings. The summed E-state index contributed by atoms with van der Waals surface area (Å²) in [6.45, 7) is 22.9. The Morgan fingerprint density at radius 2 is 1.21 bits per heavy atom. The van der Waals surface area contributed by atoms with E-state index < -0.39 is 0 Å². The predicted octanol–water partition coefficient (Wildman–Crippen LogP) is 16.0. The van der Waals surface area contributed by atoms with Crippen molar-refractivity contribution in [2.45, 2.75) is 86.0 Å². The van der Waals surface area contributed by atoms with Crippen LogP contribution in [0.15, 0.2) is 170 Å². The molecule has 0 bridgehead atoms. The van der Waals surface area contributed by atoms with Gasteiger partial charge in [0.1, 0.15) is 17.3 Å². The second-order valence-electron chi connectivity index (χ2n) is 20.7. The van der Waals surface area contributed by atoms with Gasteiger partial charge in [0.05, 0.1) is 33.4 Å². The summed E-state index contributed by atoms with van der Waals surface area (Å²) >= 11 is 0. The highest BCUT2D eigenvalue weighted by Crippen LogP contribution is 2.40. The molecule has 10 rings (SSSR count). The number of pyridine rings is 1. The van der Waals surface area contributed by atoms with Gasteiger partial charge in [-0.1, -0.05) is 172 Å². The molecule has 67 heavy (non-hydrogen) atoms. The number of hydrogen-bond donors (Lipinski definition) is 0. The van der Waals surface area contributed by atoms with E-state index in [9.17, 15) is 0 Å². The van der Waals surface area contributed by atoms with Crippen LogP contribution >= 0.6 is 0 Å². The van der Waals surface area contributed by atoms with E-state index in [0.717, 1.165) is 78.4 Å². The molecule has 0 amide bonds. The van der Waals surface area contributed by atoms with Crippen molar-refractivity contribution in [1.82, 2.24) is 14.1 Å². The lowest BCUT2D eigenvalue weighted by Gasteiger charge is -2.27. The highest BCUT2D eigenvalue weighted by Gasteiger charge is 2.25. The summed E-state index contributed by atoms with van der Waals surface area (Å²) in [5, 5.41) is 2.34. The highest BCUT2D eigenvalue weighted by molar-refractivity contribution is 6.09. The normalized spacial score (nSPS) is 12.7. The van der Waals surface area contributed by atoms with Gasteiger partial charge in [-0.15, -0.1) is 0 Å². The molecule has 0 spiro atoms. The Kier molecular flexibility index (Phi) is 11.0. The average Bonchev–Trinajstić information content (AvgIpc) is 3.87. The molecule has 3 heterocycles. The van der Waals surface area contributed by atoms with E-state index in [1.807, 2.05) is 12.3 Å². The molecular weight excluding hydrogens is 817 g/mol. The van der Waals surface area contributed by atoms with Crippen LogP contribution in [0.5, 0.6) is 11.5 Å². The summed E-state index contributed by atoms with van der Waals surface area (Å²) in [5.74, 6) is 3.31. The first-order valence-corrected chi connectivity index (χ1v) is 23.7. The smallest absolute Gasteiger partial charge is 0.269 e. The molecule has 0 N–H and O–H groups in total. The van der Waals surface area contributed by atoms with Crippen LogP contribution in [0, 0.1) is 19.2 Å². The number of nitrogens with zero attached hydrogens (tertiary/aromatic N) is 4. The molecule has 0 aliphatic rings. The first-order valence-electron chi connectivity index (χ1n) is 23.7. The maximum atomic E-state index is 6.82. The topological polar surface area (TPSA) is 35.9 Å². The van der Waals surface area contributed by atoms with Crippen LogP contribution in [-0.2, 0) is 10.8 Å². The van der Waals surface area contributed by atoms with Crippen LogP contribution < -0.4 is 9.30 Å². The van der Waals surface area contributed by atoms with Crippen molar-refractivity contribution in [2.24, 2.45) is 5.92 Å². The summed E-state index contributed by atoms with van der Waals surface area (Å²) < 4.78 is 13.6. The Morgan fingerprint density at radius 3 is 1.94 bits per heavy atom. The molecule has 334 valence electrons. The lowest BCUT2D eigenvalue weighted by atomic mass is 9.78. The standard InChI is InChI=1S/C62H60N4O/c1-40(2)42(4)44-31-32-63-58(35-44)66-55-27-15-14-24-53(55)54-30-29-50(38-57(54)66)67-49-23-17-22-48(37-49)64-39-65(59-41(3)19-16-28-56(59)64)60-51(43-20-12-11-13-21-43)25-18-26-52(60)45-33-46(61(5,6)7)36-47(34-45)62(8,9)10/h11-38,40,42H,1-10H3. The van der Waals surface area contributed by atoms with Crippen molar-refractivity contribution in [1.29, 1.82) is 0 Å². The second-order valence-corrected chi connectivity index (χ2v) is 20.7. The number of hydrogen-bond acceptors (Lipinski definition) is 2. The Bertz CT molecular complexity index is 3430. The molecule has 7 aromatic carbocycles. The fourth-order valence-electron chi connectivity index (χ4n) is 9.50. The van der Waals surface area contributed by atoms with Crippen LogP contribution in [0.1, 0.15) is 90.5 Å². The van der Waals surface area contributed by atoms with Crippen molar-refractivity contribution in [2.75, 3.05) is 0 Å². The number of ether oxygens (including phenoxy) is 1. The maximum Gasteiger partial charge on any atom is 0.269 e. The molecule has 0 aliphatic carbocycles. The fourth-order valence-corrected chi connectivity index (χ4v) is 9.50. The third-order valence-corrected chi connectivity index (χ3v) is 13.7. The van der Waals surface area contributed by atoms with Gasteiger partial charge in [-0.2, -0.15) is 0 Å². The van der Waals surface area contributed by atoms with Gasteiger partial charge in [0, 0.05) is 23.0 Å². The molecule has 0 radical (unpaired) electrons. The van der Waals surface area contributed by atoms with Gasteiger partial charge in [0.15, 0.2) is 0 Å². The summed E-state index contributed by atoms with van der Waals surface area (Å²) in [5.41, 5.74) is 16.0. The van der Waals surface area contributed by atoms with Crippen LogP contribution in [0.25, 0.3) is 72.3 Å². The number of rotatable bonds is 9. The van der Waals surface area contributed by atoms with E-state index >= 15 is 0 Å². The van der Waals surface area contributed by atoms with E-state index in [2.05, 4.69) is 247 Å². The second kappa shape index (κ2) is 16.9. The summed E-state index contributed by atoms with van der Waals surface area (Å²) in [6, 6.07) is 58.9. The minimum absolute atomic E-state index is 0.0362. The van der Waals surface area contributed by atoms with Crippen molar-refractivity contribution in [3.63, 3.8) is 0 Å². The third kappa shape index (κ3) is 8.11. The molecule has 10 aromatic rings. The Hall–Kier alpha value is -7.24. The fraction of sp³-hybridized carbons (Fsp3) is 0.226. The van der Waals surface area contributed by atoms with Crippen LogP contribution in [0.4, 0.5) is 0 Å². The number of aryl methyl sites for hydroxylation is 1. The minimum atomic E-state index is -0.0362. The van der Waals surface area contributed by atoms with Crippen LogP contribution in [0.3, 0.4) is 0 Å². The highest BCUT2D eigenvalue weighted by atomic mass is 16.5. The van der Waals surface area contributed by atoms with Gasteiger partial charge in [-0.3, -0.25) is 13.7 Å². The molecule has 1 atom stereocenters. The molecular formula is C62H60N4O. The quantitative estimate of drug-likeness (QED) is 0.107. The van der Waals surface area contributed by atoms with Gasteiger partial charge >= 0.3 is 0 Å². The van der Waals surface area contributed by atoms with E-state index in [1.165, 1.54) is 27.6 Å². The number of aromatic nitrogens is 4. The van der Waals surface area contributed by atoms with Gasteiger partial charge in [-0.05, 0) is 123 Å². The zero-order valence-electron chi connectivity index (χ0n) is 40.5. The van der Waals surface area contributed by atoms with Crippen LogP contribution in [-0.4, -0.2) is 14.1 Å². The lowest BCUT2D eigenvalue weighted by Crippen LogP contribution is -2.32. The van der Waals surface area contributed by atoms with Gasteiger partial charge in [0.2, 0.25) is 0 Å². The zero-order valence-corrected chi connectivity index (χ0v) is 40.5. The first-order chi connectivity index (χ1) is 32.1. The summed E-state index contributed by atoms with van der Waals surface area (Å²) in [7, 11) is 0. The van der Waals surface area contributed by atoms with Gasteiger partial charge in [0.25, 0.3) is 6.33 Å². The SMILES string of the molecule is Cc1cccc2c1[n+](-c1c(-c3ccccc3)cccc1-c1cc(C(C)(C)C)cc(C(C)(C)C)c1)[c-]n2-c1cccc(Oc2ccc3c4ccccc4n(-c4cc(C(C)C(C)C)ccn4)c3c2)c1. The zero-order chi connectivity index (χ0) is 46.8. The summed E-state index contributed by atoms with van der Waals surface area (Å²) in [6.07, 6.45) is 5.86. The van der Waals surface area contributed by atoms with Crippen LogP contribution in [0.2, 0.25) is 0 Å². The van der Waals surface area contributed by atoms with Crippen molar-refractivity contribution < 1.29 is 9.30 Å². The van der Waals surface area contributed by atoms with Gasteiger partial charge in [-0.25, -0.2) is 4.98 Å². The molecule has 5 heteroatoms. The molecule has 3 aromatic heterocycles. The van der Waals surface area contributed by atoms with Crippen molar-refractivity contribution >= 4 is 32.8 Å². The van der Waals surface area contributed by atoms with E-state index in [4.69, 9.17) is 9.72 Å². The van der Waals surface area contributed by atoms with E-state index in [-0.39, 0.29) is 10.8 Å². The number of benzene rings is 7. The first kappa shape index (κ1) is 43.6. The largest absolute Gasteiger partial charge is 0.458 e. The average molecular weight is 877 g/mol. The Balaban J connectivity index is 1.11. The predicted molar refractivity (Wildman–Crippen MR) is 279 cm³/mol. The Morgan fingerprint density at radius 1 is 0.567 bits per heavy atom. The number of imidazole rings is 1. The molecule has 0 saturated carbocycles. The monoisotopic (exact) mass is 876 g/mol. The Labute approximate surface area is 396 Å². The summed E-state index contributed by atoms with van der Waals surface area (Å²) in [4.78, 5) is 4.92. The minimum Gasteiger partial charge on any atom is -0.458 e. The van der Waals surface area contributed by atoms with Crippen molar-refractivity contribution in [3.05, 3.63) is 199 Å². The molecule has 5 nitrogen and oxygen atoms in total. The van der Waals surface area contributed by atoms with Gasteiger partial charge < -0.3 is 4.74 Å². The van der Waals surface area contributed by atoms with E-state index in [1.54, 1.807) is 0 Å². The molecule has 1 unspecified atom stereocenters. The third-order valence-electron chi connectivity index (χ3n) is 13.7. The molecule has 0 saturated heterocycles. The van der Waals surface area contributed by atoms with Crippen molar-refractivity contribution in [3.8, 4) is 50.9 Å². The number of para-hydroxylation sites is 3. The van der Waals surface area contributed by atoms with E-state index in [0.29, 0.717) is 11.8 Å². The molecule has 0 aliphatic heterocycles. The lowest BCUT2D eigenvalue weighted by molar-refractivity contribution is -0.571.